The van der Waals surface area contributed by atoms with E-state index in [-0.39, 0.29) is 17.2 Å². The van der Waals surface area contributed by atoms with Gasteiger partial charge in [-0.15, -0.1) is 0 Å². The van der Waals surface area contributed by atoms with Crippen LogP contribution in [0.5, 0.6) is 0 Å². The lowest BCUT2D eigenvalue weighted by Gasteiger charge is -2.50. The molecule has 34 heavy (non-hydrogen) atoms. The Morgan fingerprint density at radius 2 is 1.79 bits per heavy atom. The molecule has 4 heteroatoms. The highest BCUT2D eigenvalue weighted by atomic mass is 16.2. The van der Waals surface area contributed by atoms with Crippen LogP contribution in [-0.4, -0.2) is 36.3 Å². The molecule has 1 aliphatic heterocycles. The van der Waals surface area contributed by atoms with E-state index in [0.717, 1.165) is 44.4 Å². The molecule has 1 atom stereocenters. The fourth-order valence-corrected chi connectivity index (χ4v) is 6.37. The zero-order valence-electron chi connectivity index (χ0n) is 20.9. The maximum atomic E-state index is 13.7. The zero-order chi connectivity index (χ0) is 23.9. The van der Waals surface area contributed by atoms with Crippen molar-refractivity contribution in [3.05, 3.63) is 60.2 Å². The van der Waals surface area contributed by atoms with Crippen LogP contribution in [0.4, 0.5) is 0 Å². The number of amides is 2. The van der Waals surface area contributed by atoms with E-state index in [9.17, 15) is 9.59 Å². The van der Waals surface area contributed by atoms with Gasteiger partial charge in [0, 0.05) is 31.5 Å². The third-order valence-electron chi connectivity index (χ3n) is 8.76. The van der Waals surface area contributed by atoms with Crippen molar-refractivity contribution < 1.29 is 9.59 Å². The number of hydrogen-bond donors (Lipinski definition) is 1. The summed E-state index contributed by atoms with van der Waals surface area (Å²) in [5.41, 5.74) is 0.622. The maximum absolute atomic E-state index is 13.7. The lowest BCUT2D eigenvalue weighted by atomic mass is 9.56. The molecule has 0 aromatic heterocycles. The van der Waals surface area contributed by atoms with E-state index in [4.69, 9.17) is 0 Å². The Balaban J connectivity index is 1.35. The fourth-order valence-electron chi connectivity index (χ4n) is 6.37. The first-order chi connectivity index (χ1) is 16.5. The van der Waals surface area contributed by atoms with Gasteiger partial charge < -0.3 is 10.2 Å². The lowest BCUT2D eigenvalue weighted by molar-refractivity contribution is -0.147. The number of carbonyl (C=O) groups excluding carboxylic acids is 2. The van der Waals surface area contributed by atoms with Gasteiger partial charge in [-0.25, -0.2) is 0 Å². The highest BCUT2D eigenvalue weighted by Crippen LogP contribution is 2.52. The molecular weight excluding hydrogens is 420 g/mol. The van der Waals surface area contributed by atoms with Gasteiger partial charge in [0.2, 0.25) is 11.8 Å². The van der Waals surface area contributed by atoms with Gasteiger partial charge >= 0.3 is 0 Å². The Morgan fingerprint density at radius 1 is 1.06 bits per heavy atom. The largest absolute Gasteiger partial charge is 0.356 e. The van der Waals surface area contributed by atoms with E-state index in [1.807, 2.05) is 11.0 Å². The lowest BCUT2D eigenvalue weighted by Crippen LogP contribution is -2.57. The smallest absolute Gasteiger partial charge is 0.227 e. The van der Waals surface area contributed by atoms with Crippen LogP contribution >= 0.6 is 0 Å². The van der Waals surface area contributed by atoms with Crippen LogP contribution < -0.4 is 5.32 Å². The van der Waals surface area contributed by atoms with Gasteiger partial charge in [0.1, 0.15) is 0 Å². The van der Waals surface area contributed by atoms with Gasteiger partial charge in [-0.2, -0.15) is 0 Å². The number of hydrogen-bond acceptors (Lipinski definition) is 2. The van der Waals surface area contributed by atoms with Crippen LogP contribution in [0.15, 0.2) is 54.6 Å². The number of rotatable bonds is 9. The first kappa shape index (κ1) is 24.8. The molecule has 2 fully saturated rings. The van der Waals surface area contributed by atoms with Gasteiger partial charge in [0.05, 0.1) is 5.41 Å². The Kier molecular flexibility index (Phi) is 8.28. The topological polar surface area (TPSA) is 49.4 Å². The number of benzene rings is 1. The quantitative estimate of drug-likeness (QED) is 0.469. The molecule has 3 aliphatic rings. The van der Waals surface area contributed by atoms with Crippen molar-refractivity contribution in [3.8, 4) is 0 Å². The van der Waals surface area contributed by atoms with Crippen LogP contribution in [0.2, 0.25) is 0 Å². The van der Waals surface area contributed by atoms with Crippen molar-refractivity contribution >= 4 is 11.8 Å². The minimum atomic E-state index is -0.469. The van der Waals surface area contributed by atoms with Gasteiger partial charge in [-0.1, -0.05) is 87.2 Å². The molecule has 1 saturated heterocycles. The standard InChI is InChI=1S/C30H42N2O2/c1-29(18-8-3-9-19-29)30(28(34)31-22-10-15-25-11-4-2-5-12-25)20-23-32(24-21-30)27(33)17-16-26-13-6-7-14-26/h2-5,8-9,11-12,18,26H,6-7,10,13-17,19-24H2,1H3,(H,31,34). The first-order valence-electron chi connectivity index (χ1n) is 13.5. The number of aryl methyl sites for hydroxylation is 1. The van der Waals surface area contributed by atoms with Crippen LogP contribution in [-0.2, 0) is 16.0 Å². The second kappa shape index (κ2) is 11.4. The van der Waals surface area contributed by atoms with Gasteiger partial charge in [-0.05, 0) is 50.0 Å². The monoisotopic (exact) mass is 462 g/mol. The summed E-state index contributed by atoms with van der Waals surface area (Å²) in [4.78, 5) is 28.7. The van der Waals surface area contributed by atoms with Crippen molar-refractivity contribution in [1.82, 2.24) is 10.2 Å². The number of allylic oxidation sites excluding steroid dienone is 4. The molecule has 0 spiro atoms. The molecule has 184 valence electrons. The third kappa shape index (κ3) is 5.64. The average Bonchev–Trinajstić information content (AvgIpc) is 3.40. The summed E-state index contributed by atoms with van der Waals surface area (Å²) in [7, 11) is 0. The number of likely N-dealkylation sites (tertiary alicyclic amines) is 1. The summed E-state index contributed by atoms with van der Waals surface area (Å²) in [6, 6.07) is 10.4. The molecule has 1 aromatic rings. The van der Waals surface area contributed by atoms with E-state index in [1.54, 1.807) is 0 Å². The van der Waals surface area contributed by atoms with Gasteiger partial charge in [-0.3, -0.25) is 9.59 Å². The van der Waals surface area contributed by atoms with E-state index >= 15 is 0 Å². The molecule has 1 saturated carbocycles. The van der Waals surface area contributed by atoms with Crippen molar-refractivity contribution in [2.24, 2.45) is 16.7 Å². The molecule has 1 heterocycles. The van der Waals surface area contributed by atoms with E-state index in [0.29, 0.717) is 26.1 Å². The molecule has 4 rings (SSSR count). The predicted octanol–water partition coefficient (Wildman–Crippen LogP) is 5.84. The molecule has 4 nitrogen and oxygen atoms in total. The predicted molar refractivity (Wildman–Crippen MR) is 138 cm³/mol. The fraction of sp³-hybridized carbons (Fsp3) is 0.600. The van der Waals surface area contributed by atoms with Crippen molar-refractivity contribution in [2.75, 3.05) is 19.6 Å². The molecule has 1 N–H and O–H groups in total. The van der Waals surface area contributed by atoms with Crippen molar-refractivity contribution in [1.29, 1.82) is 0 Å². The summed E-state index contributed by atoms with van der Waals surface area (Å²) in [6.45, 7) is 4.30. The van der Waals surface area contributed by atoms with Crippen LogP contribution in [0.3, 0.4) is 0 Å². The summed E-state index contributed by atoms with van der Waals surface area (Å²) < 4.78 is 0. The third-order valence-corrected chi connectivity index (χ3v) is 8.76. The number of carbonyl (C=O) groups is 2. The van der Waals surface area contributed by atoms with Crippen LogP contribution in [0, 0.1) is 16.7 Å². The van der Waals surface area contributed by atoms with E-state index < -0.39 is 5.41 Å². The SMILES string of the molecule is CC1(C2(C(=O)NCCCc3ccccc3)CCN(C(=O)CCC3CCCC3)CC2)C=CC=CC1. The Hall–Kier alpha value is -2.36. The number of nitrogens with zero attached hydrogens (tertiary/aromatic N) is 1. The van der Waals surface area contributed by atoms with Gasteiger partial charge in [0.25, 0.3) is 0 Å². The minimum Gasteiger partial charge on any atom is -0.356 e. The second-order valence-electron chi connectivity index (χ2n) is 10.9. The molecule has 0 radical (unpaired) electrons. The molecule has 1 unspecified atom stereocenters. The molecular formula is C30H42N2O2. The molecule has 1 aromatic carbocycles. The zero-order valence-corrected chi connectivity index (χ0v) is 20.9. The Labute approximate surface area is 205 Å². The van der Waals surface area contributed by atoms with E-state index in [1.165, 1.54) is 31.2 Å². The molecule has 2 aliphatic carbocycles. The average molecular weight is 463 g/mol. The van der Waals surface area contributed by atoms with Crippen LogP contribution in [0.1, 0.15) is 76.7 Å². The van der Waals surface area contributed by atoms with E-state index in [2.05, 4.69) is 60.8 Å². The Morgan fingerprint density at radius 3 is 2.47 bits per heavy atom. The Bertz CT molecular complexity index is 876. The summed E-state index contributed by atoms with van der Waals surface area (Å²) in [5, 5.41) is 3.29. The van der Waals surface area contributed by atoms with Crippen molar-refractivity contribution in [2.45, 2.75) is 77.6 Å². The highest BCUT2D eigenvalue weighted by molar-refractivity contribution is 5.85. The number of nitrogens with one attached hydrogen (secondary N) is 1. The molecule has 2 amide bonds. The highest BCUT2D eigenvalue weighted by Gasteiger charge is 2.53. The summed E-state index contributed by atoms with van der Waals surface area (Å²) in [6.07, 6.45) is 19.8. The summed E-state index contributed by atoms with van der Waals surface area (Å²) >= 11 is 0. The minimum absolute atomic E-state index is 0.168. The molecule has 0 bridgehead atoms. The van der Waals surface area contributed by atoms with Crippen LogP contribution in [0.25, 0.3) is 0 Å². The van der Waals surface area contributed by atoms with Gasteiger partial charge in [0.15, 0.2) is 0 Å². The number of piperidine rings is 1. The second-order valence-corrected chi connectivity index (χ2v) is 10.9. The maximum Gasteiger partial charge on any atom is 0.227 e. The van der Waals surface area contributed by atoms with Crippen molar-refractivity contribution in [3.63, 3.8) is 0 Å². The first-order valence-corrected chi connectivity index (χ1v) is 13.5. The summed E-state index contributed by atoms with van der Waals surface area (Å²) in [5.74, 6) is 1.20. The normalized spacial score (nSPS) is 24.3.